The second-order valence-corrected chi connectivity index (χ2v) is 4.30. The Hall–Kier alpha value is -3.15. The molecule has 0 radical (unpaired) electrons. The van der Waals surface area contributed by atoms with Crippen LogP contribution in [0.1, 0.15) is 16.1 Å². The van der Waals surface area contributed by atoms with Gasteiger partial charge in [-0.25, -0.2) is 9.97 Å². The number of nitrogen functional groups attached to an aromatic ring is 1. The molecule has 0 aliphatic carbocycles. The van der Waals surface area contributed by atoms with E-state index >= 15 is 0 Å². The molecule has 0 aliphatic heterocycles. The van der Waals surface area contributed by atoms with E-state index in [2.05, 4.69) is 19.9 Å². The van der Waals surface area contributed by atoms with Gasteiger partial charge in [0.1, 0.15) is 0 Å². The summed E-state index contributed by atoms with van der Waals surface area (Å²) in [5.41, 5.74) is 7.62. The van der Waals surface area contributed by atoms with E-state index in [-0.39, 0.29) is 17.3 Å². The first-order chi connectivity index (χ1) is 10.3. The minimum atomic E-state index is -0.307. The smallest absolute Gasteiger partial charge is 0.216 e. The molecule has 0 aromatic carbocycles. The third-order valence-electron chi connectivity index (χ3n) is 2.90. The first-order valence-corrected chi connectivity index (χ1v) is 6.23. The Balaban J connectivity index is 2.05. The molecule has 21 heavy (non-hydrogen) atoms. The van der Waals surface area contributed by atoms with Gasteiger partial charge in [0.2, 0.25) is 5.78 Å². The summed E-state index contributed by atoms with van der Waals surface area (Å²) in [5, 5.41) is 0. The van der Waals surface area contributed by atoms with Crippen LogP contribution in [0, 0.1) is 0 Å². The Morgan fingerprint density at radius 1 is 1.00 bits per heavy atom. The van der Waals surface area contributed by atoms with Gasteiger partial charge in [-0.2, -0.15) is 0 Å². The highest BCUT2D eigenvalue weighted by atomic mass is 16.1. The highest BCUT2D eigenvalue weighted by molar-refractivity contribution is 6.10. The largest absolute Gasteiger partial charge is 0.382 e. The number of hydrogen-bond acceptors (Lipinski definition) is 6. The Labute approximate surface area is 120 Å². The summed E-state index contributed by atoms with van der Waals surface area (Å²) in [6, 6.07) is 6.97. The Morgan fingerprint density at radius 3 is 2.43 bits per heavy atom. The van der Waals surface area contributed by atoms with Crippen LogP contribution < -0.4 is 5.73 Å². The number of carbonyl (C=O) groups excluding carboxylic acids is 1. The fourth-order valence-corrected chi connectivity index (χ4v) is 1.85. The molecule has 0 aliphatic rings. The van der Waals surface area contributed by atoms with Gasteiger partial charge in [0.05, 0.1) is 11.9 Å². The van der Waals surface area contributed by atoms with Crippen LogP contribution >= 0.6 is 0 Å². The number of nitrogens with two attached hydrogens (primary N) is 1. The van der Waals surface area contributed by atoms with Crippen molar-refractivity contribution in [2.45, 2.75) is 0 Å². The maximum Gasteiger partial charge on any atom is 0.216 e. The third kappa shape index (κ3) is 2.59. The molecule has 0 bridgehead atoms. The van der Waals surface area contributed by atoms with E-state index in [1.165, 1.54) is 12.4 Å². The van der Waals surface area contributed by atoms with Crippen LogP contribution in [0.2, 0.25) is 0 Å². The van der Waals surface area contributed by atoms with Gasteiger partial charge >= 0.3 is 0 Å². The van der Waals surface area contributed by atoms with Crippen molar-refractivity contribution < 1.29 is 4.79 Å². The summed E-state index contributed by atoms with van der Waals surface area (Å²) < 4.78 is 0. The summed E-state index contributed by atoms with van der Waals surface area (Å²) in [6.45, 7) is 0. The fourth-order valence-electron chi connectivity index (χ4n) is 1.85. The summed E-state index contributed by atoms with van der Waals surface area (Å²) >= 11 is 0. The van der Waals surface area contributed by atoms with Gasteiger partial charge in [0.15, 0.2) is 11.5 Å². The van der Waals surface area contributed by atoms with Crippen LogP contribution in [0.15, 0.2) is 55.2 Å². The number of nitrogens with zero attached hydrogens (tertiary/aromatic N) is 4. The highest BCUT2D eigenvalue weighted by Crippen LogP contribution is 2.19. The van der Waals surface area contributed by atoms with Crippen molar-refractivity contribution in [2.24, 2.45) is 0 Å². The van der Waals surface area contributed by atoms with Gasteiger partial charge in [0, 0.05) is 35.9 Å². The molecule has 0 amide bonds. The molecule has 102 valence electrons. The number of anilines is 1. The zero-order valence-electron chi connectivity index (χ0n) is 11.0. The van der Waals surface area contributed by atoms with E-state index in [0.29, 0.717) is 11.3 Å². The molecule has 0 saturated heterocycles. The Morgan fingerprint density at radius 2 is 1.76 bits per heavy atom. The van der Waals surface area contributed by atoms with E-state index in [1.54, 1.807) is 36.8 Å². The minimum absolute atomic E-state index is 0.0940. The summed E-state index contributed by atoms with van der Waals surface area (Å²) in [5.74, 6) is -0.213. The summed E-state index contributed by atoms with van der Waals surface area (Å²) in [4.78, 5) is 28.7. The van der Waals surface area contributed by atoms with Crippen LogP contribution in [-0.4, -0.2) is 25.7 Å². The lowest BCUT2D eigenvalue weighted by Gasteiger charge is -2.06. The predicted molar refractivity (Wildman–Crippen MR) is 77.3 cm³/mol. The maximum absolute atomic E-state index is 12.4. The minimum Gasteiger partial charge on any atom is -0.382 e. The van der Waals surface area contributed by atoms with E-state index in [9.17, 15) is 4.79 Å². The lowest BCUT2D eigenvalue weighted by atomic mass is 10.1. The van der Waals surface area contributed by atoms with Crippen molar-refractivity contribution in [3.8, 4) is 11.3 Å². The first kappa shape index (κ1) is 12.9. The van der Waals surface area contributed by atoms with Crippen molar-refractivity contribution in [3.63, 3.8) is 0 Å². The van der Waals surface area contributed by atoms with Crippen LogP contribution in [-0.2, 0) is 0 Å². The fraction of sp³-hybridized carbons (Fsp3) is 0. The third-order valence-corrected chi connectivity index (χ3v) is 2.90. The first-order valence-electron chi connectivity index (χ1n) is 6.23. The van der Waals surface area contributed by atoms with Gasteiger partial charge in [-0.15, -0.1) is 0 Å². The number of ketones is 1. The van der Waals surface area contributed by atoms with Crippen molar-refractivity contribution in [1.82, 2.24) is 19.9 Å². The number of rotatable bonds is 3. The van der Waals surface area contributed by atoms with Crippen molar-refractivity contribution in [1.29, 1.82) is 0 Å². The average Bonchev–Trinajstić information content (AvgIpc) is 2.56. The molecule has 3 rings (SSSR count). The highest BCUT2D eigenvalue weighted by Gasteiger charge is 2.16. The molecule has 0 atom stereocenters. The van der Waals surface area contributed by atoms with Gasteiger partial charge in [-0.3, -0.25) is 14.8 Å². The SMILES string of the molecule is Nc1ncc(-c2cccnc2)nc1C(=O)c1cccnc1. The normalized spacial score (nSPS) is 10.3. The van der Waals surface area contributed by atoms with Crippen LogP contribution in [0.4, 0.5) is 5.82 Å². The van der Waals surface area contributed by atoms with E-state index < -0.39 is 0 Å². The maximum atomic E-state index is 12.4. The summed E-state index contributed by atoms with van der Waals surface area (Å²) in [6.07, 6.45) is 7.90. The molecular weight excluding hydrogens is 266 g/mol. The molecule has 2 N–H and O–H groups in total. The van der Waals surface area contributed by atoms with Gasteiger partial charge in [-0.1, -0.05) is 0 Å². The second kappa shape index (κ2) is 5.46. The van der Waals surface area contributed by atoms with Crippen molar-refractivity contribution >= 4 is 11.6 Å². The summed E-state index contributed by atoms with van der Waals surface area (Å²) in [7, 11) is 0. The number of hydrogen-bond donors (Lipinski definition) is 1. The molecule has 0 spiro atoms. The zero-order valence-corrected chi connectivity index (χ0v) is 11.0. The van der Waals surface area contributed by atoms with Crippen molar-refractivity contribution in [2.75, 3.05) is 5.73 Å². The second-order valence-electron chi connectivity index (χ2n) is 4.30. The molecule has 6 heteroatoms. The number of carbonyl (C=O) groups is 1. The molecule has 0 fully saturated rings. The molecule has 3 aromatic rings. The molecule has 0 saturated carbocycles. The van der Waals surface area contributed by atoms with Gasteiger partial charge in [-0.05, 0) is 24.3 Å². The van der Waals surface area contributed by atoms with E-state index in [4.69, 9.17) is 5.73 Å². The quantitative estimate of drug-likeness (QED) is 0.733. The monoisotopic (exact) mass is 277 g/mol. The van der Waals surface area contributed by atoms with E-state index in [0.717, 1.165) is 5.56 Å². The zero-order chi connectivity index (χ0) is 14.7. The lowest BCUT2D eigenvalue weighted by Crippen LogP contribution is -2.10. The van der Waals surface area contributed by atoms with Crippen molar-refractivity contribution in [3.05, 3.63) is 66.5 Å². The van der Waals surface area contributed by atoms with Crippen LogP contribution in [0.25, 0.3) is 11.3 Å². The predicted octanol–water partition coefficient (Wildman–Crippen LogP) is 1.75. The molecule has 6 nitrogen and oxygen atoms in total. The lowest BCUT2D eigenvalue weighted by molar-refractivity contribution is 0.103. The topological polar surface area (TPSA) is 94.6 Å². The van der Waals surface area contributed by atoms with Gasteiger partial charge in [0.25, 0.3) is 0 Å². The molecule has 0 unspecified atom stereocenters. The number of pyridine rings is 2. The molecule has 3 heterocycles. The number of aromatic nitrogens is 4. The Bertz CT molecular complexity index is 775. The standard InChI is InChI=1S/C15H11N5O/c16-15-13(14(21)11-4-2-6-18-8-11)20-12(9-19-15)10-3-1-5-17-7-10/h1-9H,(H2,16,19). The molecular formula is C15H11N5O. The Kier molecular flexibility index (Phi) is 3.34. The average molecular weight is 277 g/mol. The molecule has 3 aromatic heterocycles. The van der Waals surface area contributed by atoms with Crippen LogP contribution in [0.5, 0.6) is 0 Å². The van der Waals surface area contributed by atoms with Gasteiger partial charge < -0.3 is 5.73 Å². The van der Waals surface area contributed by atoms with E-state index in [1.807, 2.05) is 6.07 Å². The van der Waals surface area contributed by atoms with Crippen LogP contribution in [0.3, 0.4) is 0 Å².